The SMILES string of the molecule is CCCN1CCC(NC(=NC)NCc2ccc(COCc3ccccc3)cc2)CC1.I. The van der Waals surface area contributed by atoms with Crippen molar-refractivity contribution in [1.82, 2.24) is 15.5 Å². The number of aliphatic imine (C=N–C) groups is 1. The number of guanidine groups is 1. The minimum Gasteiger partial charge on any atom is -0.372 e. The lowest BCUT2D eigenvalue weighted by Crippen LogP contribution is -2.48. The zero-order valence-corrected chi connectivity index (χ0v) is 21.2. The van der Waals surface area contributed by atoms with Crippen molar-refractivity contribution in [3.8, 4) is 0 Å². The summed E-state index contributed by atoms with van der Waals surface area (Å²) in [6.07, 6.45) is 3.59. The van der Waals surface area contributed by atoms with Crippen LogP contribution < -0.4 is 10.6 Å². The molecule has 2 aromatic rings. The van der Waals surface area contributed by atoms with Crippen molar-refractivity contribution >= 4 is 29.9 Å². The first-order valence-corrected chi connectivity index (χ1v) is 11.2. The van der Waals surface area contributed by atoms with E-state index in [9.17, 15) is 0 Å². The van der Waals surface area contributed by atoms with Crippen LogP contribution in [0.1, 0.15) is 42.9 Å². The molecule has 0 unspecified atom stereocenters. The molecule has 0 aliphatic carbocycles. The van der Waals surface area contributed by atoms with Crippen molar-refractivity contribution in [3.05, 3.63) is 71.3 Å². The molecule has 0 radical (unpaired) electrons. The topological polar surface area (TPSA) is 48.9 Å². The second-order valence-corrected chi connectivity index (χ2v) is 7.98. The van der Waals surface area contributed by atoms with Crippen LogP contribution in [-0.2, 0) is 24.5 Å². The van der Waals surface area contributed by atoms with Gasteiger partial charge in [-0.15, -0.1) is 24.0 Å². The summed E-state index contributed by atoms with van der Waals surface area (Å²) in [6.45, 7) is 7.85. The summed E-state index contributed by atoms with van der Waals surface area (Å²) >= 11 is 0. The normalized spacial score (nSPS) is 15.4. The minimum absolute atomic E-state index is 0. The van der Waals surface area contributed by atoms with Gasteiger partial charge in [0.2, 0.25) is 0 Å². The van der Waals surface area contributed by atoms with Gasteiger partial charge in [0.15, 0.2) is 5.96 Å². The molecule has 1 fully saturated rings. The second kappa shape index (κ2) is 14.4. The maximum absolute atomic E-state index is 5.82. The van der Waals surface area contributed by atoms with E-state index in [2.05, 4.69) is 63.8 Å². The molecule has 0 atom stereocenters. The van der Waals surface area contributed by atoms with E-state index in [0.717, 1.165) is 12.5 Å². The molecule has 2 aromatic carbocycles. The van der Waals surface area contributed by atoms with Gasteiger partial charge in [-0.25, -0.2) is 0 Å². The van der Waals surface area contributed by atoms with Crippen LogP contribution in [0, 0.1) is 0 Å². The highest BCUT2D eigenvalue weighted by molar-refractivity contribution is 14.0. The maximum Gasteiger partial charge on any atom is 0.191 e. The lowest BCUT2D eigenvalue weighted by atomic mass is 10.1. The largest absolute Gasteiger partial charge is 0.372 e. The first-order valence-electron chi connectivity index (χ1n) is 11.2. The van der Waals surface area contributed by atoms with E-state index in [1.165, 1.54) is 55.6 Å². The number of rotatable bonds is 9. The molecule has 0 saturated carbocycles. The van der Waals surface area contributed by atoms with Crippen molar-refractivity contribution in [2.45, 2.75) is 52.0 Å². The van der Waals surface area contributed by atoms with E-state index < -0.39 is 0 Å². The Morgan fingerprint density at radius 3 is 2.19 bits per heavy atom. The Balaban J connectivity index is 0.00000341. The Bertz CT molecular complexity index is 759. The molecule has 0 aromatic heterocycles. The average molecular weight is 537 g/mol. The third kappa shape index (κ3) is 9.17. The van der Waals surface area contributed by atoms with Crippen LogP contribution in [0.3, 0.4) is 0 Å². The average Bonchev–Trinajstić information content (AvgIpc) is 2.79. The zero-order chi connectivity index (χ0) is 21.0. The van der Waals surface area contributed by atoms with Crippen molar-refractivity contribution in [2.75, 3.05) is 26.7 Å². The number of nitrogens with zero attached hydrogens (tertiary/aromatic N) is 2. The lowest BCUT2D eigenvalue weighted by Gasteiger charge is -2.32. The lowest BCUT2D eigenvalue weighted by molar-refractivity contribution is 0.107. The smallest absolute Gasteiger partial charge is 0.191 e. The molecule has 1 saturated heterocycles. The van der Waals surface area contributed by atoms with Crippen molar-refractivity contribution in [3.63, 3.8) is 0 Å². The Morgan fingerprint density at radius 1 is 0.968 bits per heavy atom. The molecule has 0 spiro atoms. The molecular weight excluding hydrogens is 499 g/mol. The van der Waals surface area contributed by atoms with Crippen LogP contribution >= 0.6 is 24.0 Å². The third-order valence-corrected chi connectivity index (χ3v) is 5.56. The van der Waals surface area contributed by atoms with E-state index in [4.69, 9.17) is 4.74 Å². The van der Waals surface area contributed by atoms with Crippen LogP contribution in [-0.4, -0.2) is 43.6 Å². The number of nitrogens with one attached hydrogen (secondary N) is 2. The van der Waals surface area contributed by atoms with Gasteiger partial charge in [-0.05, 0) is 42.5 Å². The van der Waals surface area contributed by atoms with Gasteiger partial charge in [0.05, 0.1) is 13.2 Å². The monoisotopic (exact) mass is 536 g/mol. The van der Waals surface area contributed by atoms with E-state index in [1.54, 1.807) is 0 Å². The van der Waals surface area contributed by atoms with Gasteiger partial charge in [0, 0.05) is 32.7 Å². The van der Waals surface area contributed by atoms with Gasteiger partial charge in [-0.3, -0.25) is 4.99 Å². The Labute approximate surface area is 204 Å². The van der Waals surface area contributed by atoms with E-state index in [-0.39, 0.29) is 24.0 Å². The van der Waals surface area contributed by atoms with Gasteiger partial charge in [0.25, 0.3) is 0 Å². The summed E-state index contributed by atoms with van der Waals surface area (Å²) in [4.78, 5) is 6.96. The summed E-state index contributed by atoms with van der Waals surface area (Å²) in [6, 6.07) is 19.4. The van der Waals surface area contributed by atoms with Crippen LogP contribution in [0.25, 0.3) is 0 Å². The summed E-state index contributed by atoms with van der Waals surface area (Å²) in [5.41, 5.74) is 3.63. The fourth-order valence-corrected chi connectivity index (χ4v) is 3.81. The quantitative estimate of drug-likeness (QED) is 0.280. The standard InChI is InChI=1S/C25H36N4O.HI/c1-3-15-29-16-13-24(14-17-29)28-25(26-2)27-18-21-9-11-23(12-10-21)20-30-19-22-7-5-4-6-8-22;/h4-12,24H,3,13-20H2,1-2H3,(H2,26,27,28);1H. The van der Waals surface area contributed by atoms with Gasteiger partial charge < -0.3 is 20.3 Å². The fourth-order valence-electron chi connectivity index (χ4n) is 3.81. The highest BCUT2D eigenvalue weighted by Gasteiger charge is 2.19. The molecule has 0 bridgehead atoms. The summed E-state index contributed by atoms with van der Waals surface area (Å²) in [5, 5.41) is 7.03. The third-order valence-electron chi connectivity index (χ3n) is 5.56. The van der Waals surface area contributed by atoms with Crippen LogP contribution in [0.4, 0.5) is 0 Å². The van der Waals surface area contributed by atoms with Gasteiger partial charge in [0.1, 0.15) is 0 Å². The minimum atomic E-state index is 0. The number of hydrogen-bond donors (Lipinski definition) is 2. The zero-order valence-electron chi connectivity index (χ0n) is 18.8. The highest BCUT2D eigenvalue weighted by atomic mass is 127. The number of ether oxygens (including phenoxy) is 1. The fraction of sp³-hybridized carbons (Fsp3) is 0.480. The van der Waals surface area contributed by atoms with Crippen LogP contribution in [0.5, 0.6) is 0 Å². The number of benzene rings is 2. The summed E-state index contributed by atoms with van der Waals surface area (Å²) in [5.74, 6) is 0.888. The molecule has 1 aliphatic rings. The molecule has 6 heteroatoms. The molecule has 0 amide bonds. The van der Waals surface area contributed by atoms with Gasteiger partial charge in [-0.1, -0.05) is 61.5 Å². The number of likely N-dealkylation sites (tertiary alicyclic amines) is 1. The molecule has 3 rings (SSSR count). The Morgan fingerprint density at radius 2 is 1.58 bits per heavy atom. The van der Waals surface area contributed by atoms with E-state index >= 15 is 0 Å². The molecule has 1 aliphatic heterocycles. The number of halogens is 1. The van der Waals surface area contributed by atoms with Gasteiger partial charge >= 0.3 is 0 Å². The molecule has 5 nitrogen and oxygen atoms in total. The highest BCUT2D eigenvalue weighted by Crippen LogP contribution is 2.11. The Kier molecular flexibility index (Phi) is 11.9. The molecule has 170 valence electrons. The number of piperidine rings is 1. The number of hydrogen-bond acceptors (Lipinski definition) is 3. The summed E-state index contributed by atoms with van der Waals surface area (Å²) in [7, 11) is 1.84. The van der Waals surface area contributed by atoms with Gasteiger partial charge in [-0.2, -0.15) is 0 Å². The maximum atomic E-state index is 5.82. The van der Waals surface area contributed by atoms with Crippen molar-refractivity contribution < 1.29 is 4.74 Å². The first kappa shape index (κ1) is 25.6. The van der Waals surface area contributed by atoms with E-state index in [1.807, 2.05) is 25.2 Å². The van der Waals surface area contributed by atoms with E-state index in [0.29, 0.717) is 19.3 Å². The molecule has 1 heterocycles. The molecule has 31 heavy (non-hydrogen) atoms. The van der Waals surface area contributed by atoms with Crippen molar-refractivity contribution in [2.24, 2.45) is 4.99 Å². The van der Waals surface area contributed by atoms with Crippen LogP contribution in [0.15, 0.2) is 59.6 Å². The molecular formula is C25H37IN4O. The predicted octanol–water partition coefficient (Wildman–Crippen LogP) is 4.56. The first-order chi connectivity index (χ1) is 14.8. The second-order valence-electron chi connectivity index (χ2n) is 7.98. The van der Waals surface area contributed by atoms with Crippen molar-refractivity contribution in [1.29, 1.82) is 0 Å². The predicted molar refractivity (Wildman–Crippen MR) is 140 cm³/mol. The Hall–Kier alpha value is -1.64. The molecule has 2 N–H and O–H groups in total. The van der Waals surface area contributed by atoms with Crippen LogP contribution in [0.2, 0.25) is 0 Å². The summed E-state index contributed by atoms with van der Waals surface area (Å²) < 4.78 is 5.82.